The maximum absolute atomic E-state index is 5.63. The van der Waals surface area contributed by atoms with Crippen molar-refractivity contribution in [2.24, 2.45) is 0 Å². The summed E-state index contributed by atoms with van der Waals surface area (Å²) < 4.78 is 10.4. The second-order valence-electron chi connectivity index (χ2n) is 4.10. The van der Waals surface area contributed by atoms with Crippen LogP contribution in [0.15, 0.2) is 41.1 Å². The molecule has 2 aromatic heterocycles. The van der Waals surface area contributed by atoms with E-state index in [9.17, 15) is 0 Å². The molecule has 19 heavy (non-hydrogen) atoms. The van der Waals surface area contributed by atoms with E-state index in [4.69, 9.17) is 9.26 Å². The van der Waals surface area contributed by atoms with Crippen LogP contribution in [0.25, 0.3) is 11.0 Å². The van der Waals surface area contributed by atoms with E-state index in [0.717, 1.165) is 17.5 Å². The number of benzene rings is 1. The molecule has 0 aliphatic carbocycles. The highest BCUT2D eigenvalue weighted by Crippen LogP contribution is 2.16. The zero-order valence-corrected chi connectivity index (χ0v) is 10.5. The Balaban J connectivity index is 1.74. The van der Waals surface area contributed by atoms with E-state index in [2.05, 4.69) is 20.4 Å². The molecule has 0 saturated heterocycles. The Bertz CT molecular complexity index is 615. The van der Waals surface area contributed by atoms with Crippen molar-refractivity contribution in [2.75, 3.05) is 5.32 Å². The number of anilines is 1. The molecule has 0 spiro atoms. The summed E-state index contributed by atoms with van der Waals surface area (Å²) in [6.45, 7) is 2.01. The fraction of sp³-hybridized carbons (Fsp3) is 0.231. The van der Waals surface area contributed by atoms with E-state index in [0.29, 0.717) is 11.8 Å². The smallest absolute Gasteiger partial charge is 0.255 e. The predicted octanol–water partition coefficient (Wildman–Crippen LogP) is 2.78. The van der Waals surface area contributed by atoms with Crippen LogP contribution in [-0.2, 0) is 0 Å². The third-order valence-electron chi connectivity index (χ3n) is 2.74. The van der Waals surface area contributed by atoms with Gasteiger partial charge >= 0.3 is 0 Å². The van der Waals surface area contributed by atoms with E-state index < -0.39 is 0 Å². The van der Waals surface area contributed by atoms with E-state index >= 15 is 0 Å². The maximum atomic E-state index is 5.63. The Morgan fingerprint density at radius 2 is 2.26 bits per heavy atom. The Morgan fingerprint density at radius 1 is 1.37 bits per heavy atom. The van der Waals surface area contributed by atoms with Gasteiger partial charge in [-0.15, -0.1) is 0 Å². The Morgan fingerprint density at radius 3 is 3.00 bits per heavy atom. The van der Waals surface area contributed by atoms with Crippen molar-refractivity contribution in [1.29, 1.82) is 0 Å². The Labute approximate surface area is 109 Å². The van der Waals surface area contributed by atoms with Gasteiger partial charge in [-0.1, -0.05) is 19.1 Å². The molecule has 0 aliphatic rings. The normalized spacial score (nSPS) is 12.5. The van der Waals surface area contributed by atoms with Crippen LogP contribution in [0, 0.1) is 0 Å². The molecular weight excluding hydrogens is 244 g/mol. The molecule has 3 rings (SSSR count). The lowest BCUT2D eigenvalue weighted by Crippen LogP contribution is -2.26. The zero-order valence-electron chi connectivity index (χ0n) is 10.5. The average Bonchev–Trinajstić information content (AvgIpc) is 3.06. The van der Waals surface area contributed by atoms with Crippen molar-refractivity contribution in [3.8, 4) is 5.88 Å². The summed E-state index contributed by atoms with van der Waals surface area (Å²) in [7, 11) is 0. The molecule has 0 amide bonds. The molecule has 0 bridgehead atoms. The molecule has 3 aromatic rings. The topological polar surface area (TPSA) is 76.0 Å². The monoisotopic (exact) mass is 258 g/mol. The van der Waals surface area contributed by atoms with Crippen molar-refractivity contribution in [3.63, 3.8) is 0 Å². The van der Waals surface area contributed by atoms with Crippen LogP contribution in [-0.4, -0.2) is 21.4 Å². The number of rotatable bonds is 5. The van der Waals surface area contributed by atoms with Gasteiger partial charge in [0.05, 0.1) is 11.0 Å². The first-order valence-corrected chi connectivity index (χ1v) is 6.13. The molecule has 0 saturated carbocycles. The molecule has 98 valence electrons. The lowest BCUT2D eigenvalue weighted by atomic mass is 10.3. The molecule has 1 aromatic carbocycles. The number of nitrogens with zero attached hydrogens (tertiary/aromatic N) is 2. The molecule has 2 heterocycles. The summed E-state index contributed by atoms with van der Waals surface area (Å²) in [5, 5.41) is 6.91. The van der Waals surface area contributed by atoms with E-state index in [1.54, 1.807) is 6.07 Å². The van der Waals surface area contributed by atoms with Crippen LogP contribution in [0.4, 0.5) is 5.95 Å². The molecule has 1 unspecified atom stereocenters. The lowest BCUT2D eigenvalue weighted by molar-refractivity contribution is 0.203. The minimum Gasteiger partial charge on any atom is -0.452 e. The highest BCUT2D eigenvalue weighted by Gasteiger charge is 2.11. The molecule has 0 radical (unpaired) electrons. The van der Waals surface area contributed by atoms with Gasteiger partial charge in [0.1, 0.15) is 6.26 Å². The standard InChI is InChI=1S/C13H14N4O2/c1-2-11(19-12-7-8-18-17-12)16-13-14-9-5-3-4-6-10(9)15-13/h3-8,11H,2H2,1H3,(H2,14,15,16). The summed E-state index contributed by atoms with van der Waals surface area (Å²) in [6, 6.07) is 9.52. The van der Waals surface area contributed by atoms with E-state index in [-0.39, 0.29) is 6.23 Å². The molecule has 1 atom stereocenters. The first-order valence-electron chi connectivity index (χ1n) is 6.13. The van der Waals surface area contributed by atoms with Gasteiger partial charge in [0.25, 0.3) is 5.88 Å². The van der Waals surface area contributed by atoms with Gasteiger partial charge in [0, 0.05) is 12.5 Å². The van der Waals surface area contributed by atoms with Crippen molar-refractivity contribution >= 4 is 17.0 Å². The summed E-state index contributed by atoms with van der Waals surface area (Å²) in [5.74, 6) is 1.13. The second kappa shape index (κ2) is 5.01. The maximum Gasteiger partial charge on any atom is 0.255 e. The van der Waals surface area contributed by atoms with Crippen LogP contribution >= 0.6 is 0 Å². The number of hydrogen-bond acceptors (Lipinski definition) is 5. The highest BCUT2D eigenvalue weighted by molar-refractivity contribution is 5.77. The number of hydrogen-bond donors (Lipinski definition) is 2. The quantitative estimate of drug-likeness (QED) is 0.688. The predicted molar refractivity (Wildman–Crippen MR) is 70.9 cm³/mol. The number of aromatic amines is 1. The summed E-state index contributed by atoms with van der Waals surface area (Å²) >= 11 is 0. The van der Waals surface area contributed by atoms with Gasteiger partial charge in [-0.2, -0.15) is 0 Å². The van der Waals surface area contributed by atoms with Gasteiger partial charge in [0.15, 0.2) is 6.23 Å². The van der Waals surface area contributed by atoms with Crippen molar-refractivity contribution in [2.45, 2.75) is 19.6 Å². The molecule has 0 fully saturated rings. The minimum absolute atomic E-state index is 0.217. The Kier molecular flexibility index (Phi) is 3.06. The van der Waals surface area contributed by atoms with Gasteiger partial charge in [-0.25, -0.2) is 4.98 Å². The van der Waals surface area contributed by atoms with Gasteiger partial charge in [0.2, 0.25) is 5.95 Å². The van der Waals surface area contributed by atoms with Crippen LogP contribution < -0.4 is 10.1 Å². The minimum atomic E-state index is -0.217. The number of para-hydroxylation sites is 2. The number of H-pyrrole nitrogens is 1. The third kappa shape index (κ3) is 2.52. The van der Waals surface area contributed by atoms with Crippen LogP contribution in [0.2, 0.25) is 0 Å². The third-order valence-corrected chi connectivity index (χ3v) is 2.74. The van der Waals surface area contributed by atoms with Crippen LogP contribution in [0.3, 0.4) is 0 Å². The first-order chi connectivity index (χ1) is 9.35. The van der Waals surface area contributed by atoms with Crippen LogP contribution in [0.5, 0.6) is 5.88 Å². The Hall–Kier alpha value is -2.50. The van der Waals surface area contributed by atoms with Crippen molar-refractivity contribution in [3.05, 3.63) is 36.6 Å². The number of aromatic nitrogens is 3. The second-order valence-corrected chi connectivity index (χ2v) is 4.10. The highest BCUT2D eigenvalue weighted by atomic mass is 16.5. The summed E-state index contributed by atoms with van der Waals surface area (Å²) in [6.07, 6.45) is 2.03. The van der Waals surface area contributed by atoms with Crippen molar-refractivity contribution in [1.82, 2.24) is 15.1 Å². The molecule has 0 aliphatic heterocycles. The number of fused-ring (bicyclic) bond motifs is 1. The molecule has 6 nitrogen and oxygen atoms in total. The largest absolute Gasteiger partial charge is 0.452 e. The van der Waals surface area contributed by atoms with Crippen LogP contribution in [0.1, 0.15) is 13.3 Å². The summed E-state index contributed by atoms with van der Waals surface area (Å²) in [5.41, 5.74) is 1.91. The number of ether oxygens (including phenoxy) is 1. The van der Waals surface area contributed by atoms with E-state index in [1.165, 1.54) is 6.26 Å². The fourth-order valence-electron chi connectivity index (χ4n) is 1.80. The molecular formula is C13H14N4O2. The SMILES string of the molecule is CCC(Nc1nc2ccccc2[nH]1)Oc1ccon1. The fourth-order valence-corrected chi connectivity index (χ4v) is 1.80. The number of nitrogens with one attached hydrogen (secondary N) is 2. The molecule has 6 heteroatoms. The molecule has 2 N–H and O–H groups in total. The zero-order chi connectivity index (χ0) is 13.1. The summed E-state index contributed by atoms with van der Waals surface area (Å²) in [4.78, 5) is 7.63. The van der Waals surface area contributed by atoms with Gasteiger partial charge in [-0.05, 0) is 17.3 Å². The van der Waals surface area contributed by atoms with Gasteiger partial charge in [-0.3, -0.25) is 0 Å². The average molecular weight is 258 g/mol. The van der Waals surface area contributed by atoms with Crippen molar-refractivity contribution < 1.29 is 9.26 Å². The number of imidazole rings is 1. The van der Waals surface area contributed by atoms with Gasteiger partial charge < -0.3 is 19.6 Å². The van der Waals surface area contributed by atoms with E-state index in [1.807, 2.05) is 31.2 Å². The lowest BCUT2D eigenvalue weighted by Gasteiger charge is -2.15. The first kappa shape index (κ1) is 11.6.